The van der Waals surface area contributed by atoms with E-state index < -0.39 is 5.66 Å². The second-order valence-corrected chi connectivity index (χ2v) is 2.34. The van der Waals surface area contributed by atoms with Crippen LogP contribution in [-0.2, 0) is 0 Å². The molecule has 0 aromatic rings. The van der Waals surface area contributed by atoms with Crippen molar-refractivity contribution in [2.24, 2.45) is 10.8 Å². The summed E-state index contributed by atoms with van der Waals surface area (Å²) in [5.74, 6) is 0. The molecule has 2 rings (SSSR count). The van der Waals surface area contributed by atoms with Crippen molar-refractivity contribution in [3.8, 4) is 0 Å². The van der Waals surface area contributed by atoms with Crippen LogP contribution >= 0.6 is 0 Å². The third-order valence-corrected chi connectivity index (χ3v) is 1.60. The molecular formula is C7H7N3. The predicted octanol–water partition coefficient (Wildman–Crippen LogP) is -0.118. The smallest absolute Gasteiger partial charge is 0.156 e. The van der Waals surface area contributed by atoms with Gasteiger partial charge in [-0.3, -0.25) is 11.2 Å². The van der Waals surface area contributed by atoms with Gasteiger partial charge in [0.05, 0.1) is 6.21 Å². The second kappa shape index (κ2) is 1.59. The molecule has 3 heteroatoms. The van der Waals surface area contributed by atoms with Gasteiger partial charge in [0.1, 0.15) is 0 Å². The van der Waals surface area contributed by atoms with E-state index in [0.29, 0.717) is 0 Å². The molecule has 3 N–H and O–H groups in total. The highest BCUT2D eigenvalue weighted by Crippen LogP contribution is 2.17. The van der Waals surface area contributed by atoms with Crippen molar-refractivity contribution in [3.05, 3.63) is 29.5 Å². The van der Waals surface area contributed by atoms with Crippen molar-refractivity contribution in [2.45, 2.75) is 5.66 Å². The third-order valence-electron chi connectivity index (χ3n) is 1.60. The Balaban J connectivity index is 2.53. The van der Waals surface area contributed by atoms with Gasteiger partial charge in [0.15, 0.2) is 5.66 Å². The number of nitrogens with two attached hydrogens (primary N) is 1. The van der Waals surface area contributed by atoms with Gasteiger partial charge in [0.25, 0.3) is 0 Å². The van der Waals surface area contributed by atoms with Crippen LogP contribution in [0.4, 0.5) is 0 Å². The van der Waals surface area contributed by atoms with Crippen molar-refractivity contribution in [3.63, 3.8) is 0 Å². The summed E-state index contributed by atoms with van der Waals surface area (Å²) in [6.45, 7) is 0. The van der Waals surface area contributed by atoms with Crippen LogP contribution in [0, 0.1) is 0 Å². The summed E-state index contributed by atoms with van der Waals surface area (Å²) >= 11 is 0. The first kappa shape index (κ1) is 5.47. The minimum atomic E-state index is -0.589. The maximum absolute atomic E-state index is 5.82. The molecule has 0 fully saturated rings. The molecule has 10 heavy (non-hydrogen) atoms. The van der Waals surface area contributed by atoms with Gasteiger partial charge in [-0.05, 0) is 12.2 Å². The molecule has 3 nitrogen and oxygen atoms in total. The van der Waals surface area contributed by atoms with Crippen LogP contribution in [0.15, 0.2) is 34.6 Å². The largest absolute Gasteiger partial charge is 0.300 e. The summed E-state index contributed by atoms with van der Waals surface area (Å²) < 4.78 is 0. The lowest BCUT2D eigenvalue weighted by atomic mass is 10.0. The van der Waals surface area contributed by atoms with E-state index in [9.17, 15) is 0 Å². The number of rotatable bonds is 0. The van der Waals surface area contributed by atoms with E-state index in [1.54, 1.807) is 12.3 Å². The van der Waals surface area contributed by atoms with Crippen LogP contribution in [0.2, 0.25) is 0 Å². The Morgan fingerprint density at radius 2 is 2.60 bits per heavy atom. The molecule has 1 atom stereocenters. The molecule has 0 spiro atoms. The normalized spacial score (nSPS) is 33.5. The van der Waals surface area contributed by atoms with Gasteiger partial charge in [-0.2, -0.15) is 5.10 Å². The summed E-state index contributed by atoms with van der Waals surface area (Å²) in [6.07, 6.45) is 7.19. The summed E-state index contributed by atoms with van der Waals surface area (Å²) in [6, 6.07) is 0. The van der Waals surface area contributed by atoms with Crippen LogP contribution in [-0.4, -0.2) is 11.9 Å². The van der Waals surface area contributed by atoms with Crippen LogP contribution < -0.4 is 11.2 Å². The van der Waals surface area contributed by atoms with Gasteiger partial charge in [-0.25, -0.2) is 0 Å². The van der Waals surface area contributed by atoms with Crippen LogP contribution in [0.3, 0.4) is 0 Å². The summed E-state index contributed by atoms with van der Waals surface area (Å²) in [4.78, 5) is 0. The van der Waals surface area contributed by atoms with E-state index in [-0.39, 0.29) is 0 Å². The number of nitrogens with one attached hydrogen (secondary N) is 1. The highest BCUT2D eigenvalue weighted by molar-refractivity contribution is 5.85. The lowest BCUT2D eigenvalue weighted by Gasteiger charge is -2.20. The lowest BCUT2D eigenvalue weighted by Crippen LogP contribution is -2.48. The Bertz CT molecular complexity index is 281. The van der Waals surface area contributed by atoms with E-state index in [2.05, 4.69) is 16.3 Å². The zero-order chi connectivity index (χ0) is 7.03. The van der Waals surface area contributed by atoms with E-state index in [1.165, 1.54) is 0 Å². The van der Waals surface area contributed by atoms with E-state index in [0.717, 1.165) is 5.57 Å². The van der Waals surface area contributed by atoms with E-state index in [1.807, 2.05) is 12.2 Å². The molecule has 1 aliphatic heterocycles. The van der Waals surface area contributed by atoms with Gasteiger partial charge < -0.3 is 0 Å². The number of hydrogen-bond donors (Lipinski definition) is 2. The molecule has 0 bridgehead atoms. The molecule has 0 saturated heterocycles. The Kier molecular flexibility index (Phi) is 0.873. The number of fused-ring (bicyclic) bond motifs is 1. The Labute approximate surface area is 58.6 Å². The molecular weight excluding hydrogens is 126 g/mol. The number of hydrogen-bond acceptors (Lipinski definition) is 3. The fourth-order valence-corrected chi connectivity index (χ4v) is 0.994. The molecule has 1 aliphatic carbocycles. The van der Waals surface area contributed by atoms with Crippen molar-refractivity contribution >= 4 is 6.21 Å². The van der Waals surface area contributed by atoms with Crippen molar-refractivity contribution < 1.29 is 0 Å². The first-order valence-electron chi connectivity index (χ1n) is 3.05. The van der Waals surface area contributed by atoms with Gasteiger partial charge in [0, 0.05) is 11.6 Å². The fourth-order valence-electron chi connectivity index (χ4n) is 0.994. The number of allylic oxidation sites excluding steroid dienone is 1. The summed E-state index contributed by atoms with van der Waals surface area (Å²) in [7, 11) is 0. The predicted molar refractivity (Wildman–Crippen MR) is 39.3 cm³/mol. The zero-order valence-corrected chi connectivity index (χ0v) is 5.33. The quantitative estimate of drug-likeness (QED) is 0.453. The molecule has 0 radical (unpaired) electrons. The molecule has 0 aromatic heterocycles. The first-order valence-corrected chi connectivity index (χ1v) is 3.05. The van der Waals surface area contributed by atoms with Gasteiger partial charge >= 0.3 is 0 Å². The topological polar surface area (TPSA) is 50.4 Å². The molecule has 0 saturated carbocycles. The molecule has 1 heterocycles. The van der Waals surface area contributed by atoms with E-state index in [4.69, 9.17) is 5.73 Å². The van der Waals surface area contributed by atoms with E-state index >= 15 is 0 Å². The SMILES string of the molecule is NC12C=C=CC=C1C=NN2. The maximum Gasteiger partial charge on any atom is 0.156 e. The highest BCUT2D eigenvalue weighted by Gasteiger charge is 2.29. The number of hydrazone groups is 1. The lowest BCUT2D eigenvalue weighted by molar-refractivity contribution is 0.534. The molecule has 2 aliphatic rings. The summed E-state index contributed by atoms with van der Waals surface area (Å²) in [5.41, 5.74) is 11.9. The van der Waals surface area contributed by atoms with Crippen molar-refractivity contribution in [2.75, 3.05) is 0 Å². The fraction of sp³-hybridized carbons (Fsp3) is 0.143. The molecule has 0 aromatic carbocycles. The van der Waals surface area contributed by atoms with Crippen LogP contribution in [0.1, 0.15) is 0 Å². The molecule has 0 amide bonds. The second-order valence-electron chi connectivity index (χ2n) is 2.34. The Morgan fingerprint density at radius 1 is 1.70 bits per heavy atom. The number of nitrogens with zero attached hydrogens (tertiary/aromatic N) is 1. The monoisotopic (exact) mass is 133 g/mol. The van der Waals surface area contributed by atoms with Gasteiger partial charge in [-0.1, -0.05) is 0 Å². The minimum absolute atomic E-state index is 0.589. The molecule has 1 unspecified atom stereocenters. The average Bonchev–Trinajstić information content (AvgIpc) is 2.29. The van der Waals surface area contributed by atoms with Crippen LogP contribution in [0.5, 0.6) is 0 Å². The van der Waals surface area contributed by atoms with Crippen molar-refractivity contribution in [1.29, 1.82) is 0 Å². The highest BCUT2D eigenvalue weighted by atomic mass is 15.4. The Morgan fingerprint density at radius 3 is 3.40 bits per heavy atom. The maximum atomic E-state index is 5.82. The van der Waals surface area contributed by atoms with Gasteiger partial charge in [0.2, 0.25) is 0 Å². The van der Waals surface area contributed by atoms with Crippen molar-refractivity contribution in [1.82, 2.24) is 5.43 Å². The third kappa shape index (κ3) is 0.559. The average molecular weight is 133 g/mol. The summed E-state index contributed by atoms with van der Waals surface area (Å²) in [5, 5.41) is 3.84. The van der Waals surface area contributed by atoms with Crippen LogP contribution in [0.25, 0.3) is 0 Å². The zero-order valence-electron chi connectivity index (χ0n) is 5.33. The Hall–Kier alpha value is -1.31. The standard InChI is InChI=1S/C7H7N3/c8-7-4-2-1-3-6(7)5-9-10-7/h1,3-5,10H,8H2. The first-order chi connectivity index (χ1) is 4.81. The minimum Gasteiger partial charge on any atom is -0.300 e. The van der Waals surface area contributed by atoms with Gasteiger partial charge in [-0.15, -0.1) is 5.73 Å². The molecule has 50 valence electrons.